The van der Waals surface area contributed by atoms with E-state index >= 15 is 0 Å². The number of rotatable bonds is 6. The first-order valence-corrected chi connectivity index (χ1v) is 11.6. The average Bonchev–Trinajstić information content (AvgIpc) is 3.37. The summed E-state index contributed by atoms with van der Waals surface area (Å²) in [5.74, 6) is -0.851. The zero-order valence-electron chi connectivity index (χ0n) is 20.1. The molecule has 0 saturated heterocycles. The highest BCUT2D eigenvalue weighted by Gasteiger charge is 2.19. The third-order valence-electron chi connectivity index (χ3n) is 6.16. The molecule has 0 aliphatic rings. The lowest BCUT2D eigenvalue weighted by atomic mass is 9.96. The number of benzene rings is 3. The van der Waals surface area contributed by atoms with Gasteiger partial charge in [0, 0.05) is 28.9 Å². The van der Waals surface area contributed by atoms with Gasteiger partial charge in [0.25, 0.3) is 0 Å². The Morgan fingerprint density at radius 3 is 2.57 bits per heavy atom. The second-order valence-electron chi connectivity index (χ2n) is 8.76. The molecule has 3 aromatic carbocycles. The van der Waals surface area contributed by atoms with Crippen LogP contribution in [0, 0.1) is 24.1 Å². The van der Waals surface area contributed by atoms with E-state index in [4.69, 9.17) is 4.98 Å². The van der Waals surface area contributed by atoms with E-state index in [1.54, 1.807) is 53.3 Å². The largest absolute Gasteiger partial charge is 0.478 e. The Balaban J connectivity index is 1.70. The number of halogens is 1. The number of carbonyl (C=O) groups is 1. The number of carboxylic acid groups (broad SMARTS) is 1. The quantitative estimate of drug-likeness (QED) is 0.290. The molecule has 1 atom stereocenters. The maximum Gasteiger partial charge on any atom is 0.337 e. The van der Waals surface area contributed by atoms with E-state index in [0.717, 1.165) is 22.1 Å². The van der Waals surface area contributed by atoms with E-state index in [1.807, 2.05) is 38.1 Å². The molecule has 0 saturated carbocycles. The van der Waals surface area contributed by atoms with Crippen LogP contribution in [0.4, 0.5) is 10.1 Å². The first kappa shape index (κ1) is 23.7. The van der Waals surface area contributed by atoms with Gasteiger partial charge in [-0.1, -0.05) is 30.3 Å². The number of hydrogen-bond acceptors (Lipinski definition) is 5. The normalized spacial score (nSPS) is 11.7. The van der Waals surface area contributed by atoms with Crippen molar-refractivity contribution < 1.29 is 14.3 Å². The molecule has 37 heavy (non-hydrogen) atoms. The number of hydrogen-bond donors (Lipinski definition) is 2. The lowest BCUT2D eigenvalue weighted by Gasteiger charge is -2.21. The van der Waals surface area contributed by atoms with Crippen LogP contribution in [0.5, 0.6) is 0 Å². The molecule has 0 radical (unpaired) electrons. The molecule has 0 bridgehead atoms. The van der Waals surface area contributed by atoms with Gasteiger partial charge < -0.3 is 10.4 Å². The number of pyridine rings is 1. The van der Waals surface area contributed by atoms with Gasteiger partial charge >= 0.3 is 5.97 Å². The van der Waals surface area contributed by atoms with E-state index < -0.39 is 5.97 Å². The highest BCUT2D eigenvalue weighted by Crippen LogP contribution is 2.34. The van der Waals surface area contributed by atoms with Gasteiger partial charge in [0.2, 0.25) is 0 Å². The van der Waals surface area contributed by atoms with Gasteiger partial charge in [-0.3, -0.25) is 0 Å². The third kappa shape index (κ3) is 4.62. The number of carboxylic acids is 1. The van der Waals surface area contributed by atoms with Crippen LogP contribution in [0.25, 0.3) is 27.8 Å². The minimum absolute atomic E-state index is 0.186. The number of nitrogens with one attached hydrogen (secondary N) is 1. The zero-order valence-corrected chi connectivity index (χ0v) is 20.1. The Morgan fingerprint density at radius 1 is 1.11 bits per heavy atom. The van der Waals surface area contributed by atoms with E-state index in [-0.39, 0.29) is 23.1 Å². The number of aromatic nitrogens is 3. The van der Waals surface area contributed by atoms with Gasteiger partial charge in [-0.05, 0) is 73.0 Å². The van der Waals surface area contributed by atoms with Crippen molar-refractivity contribution in [3.05, 3.63) is 107 Å². The van der Waals surface area contributed by atoms with Crippen LogP contribution in [-0.4, -0.2) is 25.8 Å². The van der Waals surface area contributed by atoms with Crippen LogP contribution in [0.15, 0.2) is 79.0 Å². The maximum atomic E-state index is 13.7. The molecule has 0 aliphatic heterocycles. The predicted octanol–water partition coefficient (Wildman–Crippen LogP) is 6.28. The van der Waals surface area contributed by atoms with Gasteiger partial charge in [-0.2, -0.15) is 10.4 Å². The van der Waals surface area contributed by atoms with Crippen LogP contribution >= 0.6 is 0 Å². The van der Waals surface area contributed by atoms with Crippen molar-refractivity contribution in [3.63, 3.8) is 0 Å². The monoisotopic (exact) mass is 491 g/mol. The second kappa shape index (κ2) is 9.55. The molecular formula is C29H22FN5O2. The zero-order chi connectivity index (χ0) is 26.1. The summed E-state index contributed by atoms with van der Waals surface area (Å²) in [7, 11) is 0. The SMILES string of the molecule is Cc1cc(C(C)Nc2ccccc2C(=O)O)c2cc(-c3ccc(F)cc3)c(-n3ccc(C#N)n3)nc2c1. The van der Waals surface area contributed by atoms with Crippen molar-refractivity contribution in [2.24, 2.45) is 0 Å². The molecule has 5 aromatic rings. The van der Waals surface area contributed by atoms with E-state index in [9.17, 15) is 19.6 Å². The van der Waals surface area contributed by atoms with Gasteiger partial charge in [0.1, 0.15) is 11.9 Å². The summed E-state index contributed by atoms with van der Waals surface area (Å²) < 4.78 is 15.3. The van der Waals surface area contributed by atoms with E-state index in [0.29, 0.717) is 22.6 Å². The molecular weight excluding hydrogens is 469 g/mol. The summed E-state index contributed by atoms with van der Waals surface area (Å²) in [6.07, 6.45) is 1.67. The van der Waals surface area contributed by atoms with Crippen LogP contribution in [0.2, 0.25) is 0 Å². The smallest absolute Gasteiger partial charge is 0.337 e. The fraction of sp³-hybridized carbons (Fsp3) is 0.103. The second-order valence-corrected chi connectivity index (χ2v) is 8.76. The van der Waals surface area contributed by atoms with Crippen molar-refractivity contribution in [2.45, 2.75) is 19.9 Å². The van der Waals surface area contributed by atoms with Crippen molar-refractivity contribution in [2.75, 3.05) is 5.32 Å². The number of aryl methyl sites for hydroxylation is 1. The molecule has 7 nitrogen and oxygen atoms in total. The fourth-order valence-electron chi connectivity index (χ4n) is 4.42. The Labute approximate surface area is 212 Å². The summed E-state index contributed by atoms with van der Waals surface area (Å²) in [6, 6.07) is 22.3. The Kier molecular flexibility index (Phi) is 6.12. The molecule has 0 fully saturated rings. The minimum Gasteiger partial charge on any atom is -0.478 e. The van der Waals surface area contributed by atoms with E-state index in [2.05, 4.69) is 10.4 Å². The number of nitriles is 1. The number of fused-ring (bicyclic) bond motifs is 1. The highest BCUT2D eigenvalue weighted by molar-refractivity contribution is 5.95. The van der Waals surface area contributed by atoms with Crippen LogP contribution in [0.1, 0.15) is 40.1 Å². The lowest BCUT2D eigenvalue weighted by Crippen LogP contribution is -2.12. The van der Waals surface area contributed by atoms with Gasteiger partial charge in [-0.25, -0.2) is 18.9 Å². The first-order valence-electron chi connectivity index (χ1n) is 11.6. The summed E-state index contributed by atoms with van der Waals surface area (Å²) in [5.41, 5.74) is 5.03. The summed E-state index contributed by atoms with van der Waals surface area (Å²) >= 11 is 0. The van der Waals surface area contributed by atoms with Crippen LogP contribution in [-0.2, 0) is 0 Å². The molecule has 182 valence electrons. The predicted molar refractivity (Wildman–Crippen MR) is 139 cm³/mol. The fourth-order valence-corrected chi connectivity index (χ4v) is 4.42. The standard InChI is InChI=1S/C29H22FN5O2/c1-17-13-23(18(2)32-26-6-4-3-5-22(26)29(36)37)25-15-24(19-7-9-20(30)10-8-19)28(33-27(25)14-17)35-12-11-21(16-31)34-35/h3-15,18,32H,1-2H3,(H,36,37). The Bertz CT molecular complexity index is 1690. The van der Waals surface area contributed by atoms with Crippen molar-refractivity contribution in [1.82, 2.24) is 14.8 Å². The average molecular weight is 492 g/mol. The number of nitrogens with zero attached hydrogens (tertiary/aromatic N) is 4. The molecule has 0 aliphatic carbocycles. The molecule has 2 N–H and O–H groups in total. The van der Waals surface area contributed by atoms with Crippen molar-refractivity contribution in [1.29, 1.82) is 5.26 Å². The number of para-hydroxylation sites is 1. The van der Waals surface area contributed by atoms with Crippen LogP contribution < -0.4 is 5.32 Å². The number of aromatic carboxylic acids is 1. The maximum absolute atomic E-state index is 13.7. The van der Waals surface area contributed by atoms with Gasteiger partial charge in [-0.15, -0.1) is 0 Å². The van der Waals surface area contributed by atoms with Crippen molar-refractivity contribution >= 4 is 22.6 Å². The highest BCUT2D eigenvalue weighted by atomic mass is 19.1. The summed E-state index contributed by atoms with van der Waals surface area (Å²) in [5, 5.41) is 27.4. The topological polar surface area (TPSA) is 104 Å². The van der Waals surface area contributed by atoms with E-state index in [1.165, 1.54) is 12.1 Å². The molecule has 0 spiro atoms. The first-order chi connectivity index (χ1) is 17.8. The van der Waals surface area contributed by atoms with Gasteiger partial charge in [0.05, 0.1) is 11.1 Å². The molecule has 2 heterocycles. The lowest BCUT2D eigenvalue weighted by molar-refractivity contribution is 0.0698. The summed E-state index contributed by atoms with van der Waals surface area (Å²) in [4.78, 5) is 16.6. The minimum atomic E-state index is -1.01. The molecule has 5 rings (SSSR count). The molecule has 8 heteroatoms. The number of anilines is 1. The van der Waals surface area contributed by atoms with Crippen molar-refractivity contribution in [3.8, 4) is 23.0 Å². The molecule has 0 amide bonds. The molecule has 2 aromatic heterocycles. The third-order valence-corrected chi connectivity index (χ3v) is 6.16. The van der Waals surface area contributed by atoms with Crippen LogP contribution in [0.3, 0.4) is 0 Å². The Hall–Kier alpha value is -5.03. The summed E-state index contributed by atoms with van der Waals surface area (Å²) in [6.45, 7) is 3.93. The Morgan fingerprint density at radius 2 is 1.86 bits per heavy atom. The molecule has 1 unspecified atom stereocenters. The van der Waals surface area contributed by atoms with Gasteiger partial charge in [0.15, 0.2) is 11.5 Å².